The average molecular weight is 530 g/mol. The second-order valence-electron chi connectivity index (χ2n) is 8.67. The number of hydrogen-bond acceptors (Lipinski definition) is 7. The number of nitrogens with two attached hydrogens (primary N) is 3. The number of carbonyl (C=O) groups excluding carboxylic acids is 2. The van der Waals surface area contributed by atoms with Gasteiger partial charge in [-0.2, -0.15) is 4.99 Å². The highest BCUT2D eigenvalue weighted by Crippen LogP contribution is 2.35. The minimum absolute atomic E-state index is 0.107. The molecule has 0 unspecified atom stereocenters. The summed E-state index contributed by atoms with van der Waals surface area (Å²) in [6.07, 6.45) is 2.76. The fraction of sp³-hybridized carbons (Fsp3) is 0.391. The Morgan fingerprint density at radius 3 is 2.54 bits per heavy atom. The van der Waals surface area contributed by atoms with Crippen LogP contribution < -0.4 is 27.8 Å². The van der Waals surface area contributed by atoms with Crippen LogP contribution in [0.5, 0.6) is 0 Å². The van der Waals surface area contributed by atoms with Crippen LogP contribution in [-0.4, -0.2) is 70.0 Å². The Bertz CT molecular complexity index is 1170. The summed E-state index contributed by atoms with van der Waals surface area (Å²) >= 11 is 5.83. The lowest BCUT2D eigenvalue weighted by atomic mass is 9.74. The van der Waals surface area contributed by atoms with Gasteiger partial charge in [0.25, 0.3) is 0 Å². The normalized spacial score (nSPS) is 14.9. The number of rotatable bonds is 8. The zero-order valence-corrected chi connectivity index (χ0v) is 20.7. The van der Waals surface area contributed by atoms with Gasteiger partial charge in [-0.05, 0) is 48.8 Å². The van der Waals surface area contributed by atoms with Crippen LogP contribution in [-0.2, 0) is 11.2 Å². The molecule has 2 heterocycles. The molecule has 0 radical (unpaired) electrons. The van der Waals surface area contributed by atoms with Crippen molar-refractivity contribution in [1.82, 2.24) is 25.5 Å². The first-order chi connectivity index (χ1) is 17.6. The number of carboxylic acids is 1. The summed E-state index contributed by atoms with van der Waals surface area (Å²) in [6, 6.07) is 11.0. The van der Waals surface area contributed by atoms with Crippen LogP contribution in [0.2, 0.25) is 5.15 Å². The van der Waals surface area contributed by atoms with Gasteiger partial charge >= 0.3 is 17.9 Å². The summed E-state index contributed by atoms with van der Waals surface area (Å²) in [4.78, 5) is 48.6. The quantitative estimate of drug-likeness (QED) is 0.205. The molecule has 0 spiro atoms. The first kappa shape index (κ1) is 27.3. The molecule has 3 rings (SSSR count). The second-order valence-corrected chi connectivity index (χ2v) is 9.03. The van der Waals surface area contributed by atoms with E-state index in [-0.39, 0.29) is 33.9 Å². The molecule has 14 heteroatoms. The number of nitrogens with one attached hydrogen (secondary N) is 2. The van der Waals surface area contributed by atoms with Crippen LogP contribution in [0, 0.1) is 17.5 Å². The molecular weight excluding hydrogens is 502 g/mol. The standard InChI is InChI=1S/C23H28ClN9O4/c24-17-19(26)31-18(25)16(30-17)20(36)32-21(27)29-13-23(7-6-14-4-2-1-3-5-14)8-10-33(11-9-23)22(37)28-12-15(34)35/h2,4-5H,6-13H2,(H,28,37)(H,34,35)(H4,25,26,31)(H3,27,29,32,36). The molecular formula is C23H28ClN9O4. The van der Waals surface area contributed by atoms with Gasteiger partial charge in [0.2, 0.25) is 0 Å². The predicted octanol–water partition coefficient (Wildman–Crippen LogP) is 0.448. The molecule has 1 aliphatic heterocycles. The van der Waals surface area contributed by atoms with Gasteiger partial charge in [-0.1, -0.05) is 29.8 Å². The van der Waals surface area contributed by atoms with E-state index in [1.54, 1.807) is 11.0 Å². The van der Waals surface area contributed by atoms with Crippen molar-refractivity contribution < 1.29 is 19.5 Å². The third kappa shape index (κ3) is 7.58. The number of piperidine rings is 1. The van der Waals surface area contributed by atoms with E-state index in [4.69, 9.17) is 33.9 Å². The van der Waals surface area contributed by atoms with Crippen molar-refractivity contribution in [1.29, 1.82) is 0 Å². The number of nitrogens with zero attached hydrogens (tertiary/aromatic N) is 4. The highest BCUT2D eigenvalue weighted by molar-refractivity contribution is 6.31. The van der Waals surface area contributed by atoms with Gasteiger partial charge < -0.3 is 37.8 Å². The monoisotopic (exact) mass is 529 g/mol. The van der Waals surface area contributed by atoms with E-state index < -0.39 is 24.5 Å². The topological polar surface area (TPSA) is 215 Å². The number of anilines is 2. The molecule has 0 saturated carbocycles. The average Bonchev–Trinajstić information content (AvgIpc) is 2.88. The molecule has 1 aromatic carbocycles. The number of amides is 3. The van der Waals surface area contributed by atoms with Gasteiger partial charge in [0, 0.05) is 19.6 Å². The maximum Gasteiger partial charge on any atom is 0.323 e. The summed E-state index contributed by atoms with van der Waals surface area (Å²) in [5, 5.41) is 14.0. The third-order valence-electron chi connectivity index (χ3n) is 6.14. The second kappa shape index (κ2) is 12.1. The SMILES string of the molecule is N/C(=N\C(=O)c1nc(Cl)c(N)nc1N)NCC1(CCc2cc#ccc2)CCN(C(=O)NCC(=O)O)CC1. The number of aliphatic imine (C=N–C) groups is 1. The number of halogens is 1. The van der Waals surface area contributed by atoms with Gasteiger partial charge in [-0.15, -0.1) is 0 Å². The van der Waals surface area contributed by atoms with Crippen LogP contribution in [0.4, 0.5) is 16.4 Å². The van der Waals surface area contributed by atoms with Gasteiger partial charge in [-0.3, -0.25) is 9.59 Å². The predicted molar refractivity (Wildman–Crippen MR) is 137 cm³/mol. The Labute approximate surface area is 218 Å². The van der Waals surface area contributed by atoms with E-state index in [9.17, 15) is 14.4 Å². The van der Waals surface area contributed by atoms with Gasteiger partial charge in [0.15, 0.2) is 28.4 Å². The first-order valence-corrected chi connectivity index (χ1v) is 11.8. The molecule has 196 valence electrons. The van der Waals surface area contributed by atoms with Crippen molar-refractivity contribution in [2.75, 3.05) is 37.6 Å². The van der Waals surface area contributed by atoms with E-state index in [1.807, 2.05) is 12.1 Å². The number of carbonyl (C=O) groups is 3. The molecule has 0 atom stereocenters. The fourth-order valence-electron chi connectivity index (χ4n) is 3.99. The minimum Gasteiger partial charge on any atom is -0.480 e. The number of urea groups is 1. The fourth-order valence-corrected chi connectivity index (χ4v) is 4.11. The molecule has 1 aliphatic rings. The lowest BCUT2D eigenvalue weighted by molar-refractivity contribution is -0.135. The Kier molecular flexibility index (Phi) is 8.91. The number of likely N-dealkylation sites (tertiary alicyclic amines) is 1. The minimum atomic E-state index is -1.11. The van der Waals surface area contributed by atoms with Crippen LogP contribution >= 0.6 is 11.6 Å². The van der Waals surface area contributed by atoms with Crippen molar-refractivity contribution in [2.24, 2.45) is 16.1 Å². The van der Waals surface area contributed by atoms with E-state index >= 15 is 0 Å². The summed E-state index contributed by atoms with van der Waals surface area (Å²) in [6.45, 7) is 0.785. The number of aliphatic carboxylic acids is 1. The van der Waals surface area contributed by atoms with Crippen molar-refractivity contribution in [3.8, 4) is 0 Å². The van der Waals surface area contributed by atoms with E-state index in [2.05, 4.69) is 37.7 Å². The number of guanidine groups is 1. The third-order valence-corrected chi connectivity index (χ3v) is 6.42. The Balaban J connectivity index is 1.68. The number of nitrogen functional groups attached to an aromatic ring is 2. The summed E-state index contributed by atoms with van der Waals surface area (Å²) in [5.74, 6) is -2.40. The molecule has 1 fully saturated rings. The van der Waals surface area contributed by atoms with Crippen LogP contribution in [0.25, 0.3) is 0 Å². The lowest BCUT2D eigenvalue weighted by Gasteiger charge is -2.42. The molecule has 2 aromatic rings. The Morgan fingerprint density at radius 2 is 1.89 bits per heavy atom. The summed E-state index contributed by atoms with van der Waals surface area (Å²) in [7, 11) is 0. The molecule has 9 N–H and O–H groups in total. The highest BCUT2D eigenvalue weighted by Gasteiger charge is 2.36. The van der Waals surface area contributed by atoms with Crippen molar-refractivity contribution in [3.63, 3.8) is 0 Å². The van der Waals surface area contributed by atoms with E-state index in [0.717, 1.165) is 18.4 Å². The maximum atomic E-state index is 12.5. The maximum absolute atomic E-state index is 12.5. The number of hydrogen-bond donors (Lipinski definition) is 6. The Morgan fingerprint density at radius 1 is 1.16 bits per heavy atom. The molecule has 1 aromatic heterocycles. The summed E-state index contributed by atoms with van der Waals surface area (Å²) < 4.78 is 0. The van der Waals surface area contributed by atoms with E-state index in [0.29, 0.717) is 32.5 Å². The molecule has 0 aliphatic carbocycles. The van der Waals surface area contributed by atoms with E-state index in [1.165, 1.54) is 0 Å². The van der Waals surface area contributed by atoms with Crippen molar-refractivity contribution in [3.05, 3.63) is 46.7 Å². The van der Waals surface area contributed by atoms with Crippen LogP contribution in [0.15, 0.2) is 23.2 Å². The van der Waals surface area contributed by atoms with Gasteiger partial charge in [0.05, 0.1) is 0 Å². The lowest BCUT2D eigenvalue weighted by Crippen LogP contribution is -2.51. The molecule has 37 heavy (non-hydrogen) atoms. The van der Waals surface area contributed by atoms with Crippen molar-refractivity contribution >= 4 is 47.1 Å². The summed E-state index contributed by atoms with van der Waals surface area (Å²) in [5.41, 5.74) is 17.8. The number of carboxylic acid groups (broad SMARTS) is 1. The zero-order chi connectivity index (χ0) is 27.0. The zero-order valence-electron chi connectivity index (χ0n) is 20.0. The Hall–Kier alpha value is -4.31. The molecule has 0 bridgehead atoms. The first-order valence-electron chi connectivity index (χ1n) is 11.4. The van der Waals surface area contributed by atoms with Gasteiger partial charge in [-0.25, -0.2) is 14.8 Å². The van der Waals surface area contributed by atoms with Crippen LogP contribution in [0.1, 0.15) is 35.3 Å². The van der Waals surface area contributed by atoms with Crippen molar-refractivity contribution in [2.45, 2.75) is 25.7 Å². The number of aryl methyl sites for hydroxylation is 1. The molecule has 1 saturated heterocycles. The van der Waals surface area contributed by atoms with Gasteiger partial charge in [0.1, 0.15) is 6.54 Å². The molecule has 13 nitrogen and oxygen atoms in total. The van der Waals surface area contributed by atoms with Crippen LogP contribution in [0.3, 0.4) is 0 Å². The smallest absolute Gasteiger partial charge is 0.323 e. The largest absolute Gasteiger partial charge is 0.480 e. The highest BCUT2D eigenvalue weighted by atomic mass is 35.5. The molecule has 3 amide bonds. The number of aromatic nitrogens is 2.